The van der Waals surface area contributed by atoms with Crippen LogP contribution in [-0.2, 0) is 4.79 Å². The molecular weight excluding hydrogens is 139 g/mol. The smallest absolute Gasteiger partial charge is 0.306 e. The van der Waals surface area contributed by atoms with E-state index in [2.05, 4.69) is 0 Å². The van der Waals surface area contributed by atoms with Crippen molar-refractivity contribution in [2.24, 2.45) is 0 Å². The van der Waals surface area contributed by atoms with Gasteiger partial charge in [0, 0.05) is 0 Å². The second-order valence-electron chi connectivity index (χ2n) is 2.68. The van der Waals surface area contributed by atoms with E-state index in [4.69, 9.17) is 10.2 Å². The zero-order chi connectivity index (χ0) is 8.36. The minimum atomic E-state index is -1.83. The maximum absolute atomic E-state index is 12.6. The first-order valence-corrected chi connectivity index (χ1v) is 2.93. The van der Waals surface area contributed by atoms with Crippen LogP contribution in [0.5, 0.6) is 0 Å². The Bertz CT molecular complexity index is 127. The Morgan fingerprint density at radius 3 is 2.20 bits per heavy atom. The molecule has 0 aliphatic rings. The molecule has 0 aromatic carbocycles. The van der Waals surface area contributed by atoms with Gasteiger partial charge in [0.25, 0.3) is 0 Å². The average Bonchev–Trinajstić information content (AvgIpc) is 1.60. The number of carbonyl (C=O) groups is 1. The summed E-state index contributed by atoms with van der Waals surface area (Å²) in [6, 6.07) is 0. The van der Waals surface area contributed by atoms with Gasteiger partial charge in [0.1, 0.15) is 5.67 Å². The third kappa shape index (κ3) is 3.40. The molecule has 0 radical (unpaired) electrons. The lowest BCUT2D eigenvalue weighted by Crippen LogP contribution is -2.33. The SMILES string of the molecule is CC(C)(F)[C@H](O)CC(=O)O. The standard InChI is InChI=1S/C6H11FO3/c1-6(2,7)4(8)3-5(9)10/h4,8H,3H2,1-2H3,(H,9,10)/t4-/m1/s1. The molecule has 0 aromatic rings. The minimum Gasteiger partial charge on any atom is -0.481 e. The lowest BCUT2D eigenvalue weighted by molar-refractivity contribution is -0.141. The summed E-state index contributed by atoms with van der Waals surface area (Å²) in [7, 11) is 0. The lowest BCUT2D eigenvalue weighted by Gasteiger charge is -2.19. The molecule has 60 valence electrons. The fraction of sp³-hybridized carbons (Fsp3) is 0.833. The van der Waals surface area contributed by atoms with E-state index in [1.54, 1.807) is 0 Å². The maximum atomic E-state index is 12.6. The number of carboxylic acid groups (broad SMARTS) is 1. The van der Waals surface area contributed by atoms with Gasteiger partial charge in [-0.2, -0.15) is 0 Å². The van der Waals surface area contributed by atoms with E-state index in [1.807, 2.05) is 0 Å². The molecule has 0 saturated heterocycles. The Hall–Kier alpha value is -0.640. The van der Waals surface area contributed by atoms with Crippen LogP contribution in [0.2, 0.25) is 0 Å². The average molecular weight is 150 g/mol. The molecule has 0 rings (SSSR count). The van der Waals surface area contributed by atoms with Gasteiger partial charge in [0.2, 0.25) is 0 Å². The molecule has 1 atom stereocenters. The third-order valence-electron chi connectivity index (χ3n) is 1.16. The topological polar surface area (TPSA) is 57.5 Å². The minimum absolute atomic E-state index is 0.552. The molecule has 0 heterocycles. The van der Waals surface area contributed by atoms with E-state index in [1.165, 1.54) is 0 Å². The van der Waals surface area contributed by atoms with Crippen molar-refractivity contribution in [3.63, 3.8) is 0 Å². The van der Waals surface area contributed by atoms with Gasteiger partial charge in [0.15, 0.2) is 0 Å². The van der Waals surface area contributed by atoms with Crippen molar-refractivity contribution in [1.82, 2.24) is 0 Å². The predicted octanol–water partition coefficient (Wildman–Crippen LogP) is 0.570. The first-order chi connectivity index (χ1) is 4.34. The van der Waals surface area contributed by atoms with Gasteiger partial charge >= 0.3 is 5.97 Å². The molecule has 0 aliphatic carbocycles. The Kier molecular flexibility index (Phi) is 2.77. The molecule has 2 N–H and O–H groups in total. The summed E-state index contributed by atoms with van der Waals surface area (Å²) >= 11 is 0. The van der Waals surface area contributed by atoms with E-state index >= 15 is 0 Å². The van der Waals surface area contributed by atoms with Gasteiger partial charge in [-0.1, -0.05) is 0 Å². The Labute approximate surface area is 58.5 Å². The van der Waals surface area contributed by atoms with E-state index in [0.717, 1.165) is 13.8 Å². The molecule has 0 aromatic heterocycles. The predicted molar refractivity (Wildman–Crippen MR) is 33.4 cm³/mol. The molecule has 4 heteroatoms. The Balaban J connectivity index is 3.85. The monoisotopic (exact) mass is 150 g/mol. The number of carboxylic acids is 1. The van der Waals surface area contributed by atoms with Crippen molar-refractivity contribution in [3.05, 3.63) is 0 Å². The number of aliphatic carboxylic acids is 1. The second kappa shape index (κ2) is 2.96. The zero-order valence-corrected chi connectivity index (χ0v) is 5.97. The summed E-state index contributed by atoms with van der Waals surface area (Å²) in [5, 5.41) is 16.9. The van der Waals surface area contributed by atoms with Crippen LogP contribution in [0.3, 0.4) is 0 Å². The summed E-state index contributed by atoms with van der Waals surface area (Å²) in [6.07, 6.45) is -1.98. The van der Waals surface area contributed by atoms with Gasteiger partial charge in [-0.05, 0) is 13.8 Å². The molecule has 0 unspecified atom stereocenters. The number of hydrogen-bond acceptors (Lipinski definition) is 2. The van der Waals surface area contributed by atoms with Crippen molar-refractivity contribution >= 4 is 5.97 Å². The fourth-order valence-electron chi connectivity index (χ4n) is 0.408. The summed E-state index contributed by atoms with van der Waals surface area (Å²) in [5.41, 5.74) is -1.83. The highest BCUT2D eigenvalue weighted by molar-refractivity contribution is 5.67. The number of alkyl halides is 1. The molecule has 0 aliphatic heterocycles. The van der Waals surface area contributed by atoms with Crippen LogP contribution in [0, 0.1) is 0 Å². The number of aliphatic hydroxyl groups is 1. The van der Waals surface area contributed by atoms with Crippen LogP contribution in [-0.4, -0.2) is 28.0 Å². The van der Waals surface area contributed by atoms with Crippen molar-refractivity contribution in [2.45, 2.75) is 32.0 Å². The van der Waals surface area contributed by atoms with Crippen molar-refractivity contribution in [3.8, 4) is 0 Å². The molecule has 0 saturated carbocycles. The normalized spacial score (nSPS) is 14.8. The Morgan fingerprint density at radius 2 is 2.10 bits per heavy atom. The maximum Gasteiger partial charge on any atom is 0.306 e. The zero-order valence-electron chi connectivity index (χ0n) is 5.97. The van der Waals surface area contributed by atoms with Crippen LogP contribution < -0.4 is 0 Å². The quantitative estimate of drug-likeness (QED) is 0.618. The molecule has 0 bridgehead atoms. The van der Waals surface area contributed by atoms with E-state index in [9.17, 15) is 9.18 Å². The van der Waals surface area contributed by atoms with Gasteiger partial charge in [-0.15, -0.1) is 0 Å². The summed E-state index contributed by atoms with van der Waals surface area (Å²) < 4.78 is 12.6. The van der Waals surface area contributed by atoms with Crippen LogP contribution in [0.1, 0.15) is 20.3 Å². The number of rotatable bonds is 3. The molecule has 0 spiro atoms. The van der Waals surface area contributed by atoms with E-state index in [-0.39, 0.29) is 0 Å². The fourth-order valence-corrected chi connectivity index (χ4v) is 0.408. The third-order valence-corrected chi connectivity index (χ3v) is 1.16. The van der Waals surface area contributed by atoms with Crippen molar-refractivity contribution in [2.75, 3.05) is 0 Å². The highest BCUT2D eigenvalue weighted by Gasteiger charge is 2.28. The van der Waals surface area contributed by atoms with Crippen molar-refractivity contribution < 1.29 is 19.4 Å². The highest BCUT2D eigenvalue weighted by atomic mass is 19.1. The second-order valence-corrected chi connectivity index (χ2v) is 2.68. The molecule has 0 amide bonds. The van der Waals surface area contributed by atoms with Crippen molar-refractivity contribution in [1.29, 1.82) is 0 Å². The van der Waals surface area contributed by atoms with E-state index in [0.29, 0.717) is 0 Å². The van der Waals surface area contributed by atoms with Gasteiger partial charge < -0.3 is 10.2 Å². The molecule has 10 heavy (non-hydrogen) atoms. The summed E-state index contributed by atoms with van der Waals surface area (Å²) in [5.74, 6) is -1.20. The highest BCUT2D eigenvalue weighted by Crippen LogP contribution is 2.16. The van der Waals surface area contributed by atoms with Crippen LogP contribution in [0.25, 0.3) is 0 Å². The number of aliphatic hydroxyl groups excluding tert-OH is 1. The van der Waals surface area contributed by atoms with Crippen LogP contribution in [0.4, 0.5) is 4.39 Å². The van der Waals surface area contributed by atoms with E-state index < -0.39 is 24.2 Å². The van der Waals surface area contributed by atoms with Crippen LogP contribution >= 0.6 is 0 Å². The first kappa shape index (κ1) is 9.36. The Morgan fingerprint density at radius 1 is 1.70 bits per heavy atom. The number of hydrogen-bond donors (Lipinski definition) is 2. The lowest BCUT2D eigenvalue weighted by atomic mass is 10.0. The largest absolute Gasteiger partial charge is 0.481 e. The number of halogens is 1. The molecule has 0 fully saturated rings. The molecule has 3 nitrogen and oxygen atoms in total. The van der Waals surface area contributed by atoms with Crippen LogP contribution in [0.15, 0.2) is 0 Å². The molecular formula is C6H11FO3. The van der Waals surface area contributed by atoms with Gasteiger partial charge in [-0.25, -0.2) is 4.39 Å². The summed E-state index contributed by atoms with van der Waals surface area (Å²) in [4.78, 5) is 9.93. The first-order valence-electron chi connectivity index (χ1n) is 2.93. The van der Waals surface area contributed by atoms with Gasteiger partial charge in [0.05, 0.1) is 12.5 Å². The summed E-state index contributed by atoms with van der Waals surface area (Å²) in [6.45, 7) is 2.28. The van der Waals surface area contributed by atoms with Gasteiger partial charge in [-0.3, -0.25) is 4.79 Å².